The molecule has 0 aliphatic rings. The lowest BCUT2D eigenvalue weighted by molar-refractivity contribution is 0.101. The molecule has 0 aliphatic heterocycles. The lowest BCUT2D eigenvalue weighted by Gasteiger charge is -2.19. The predicted molar refractivity (Wildman–Crippen MR) is 122 cm³/mol. The second-order valence-electron chi connectivity index (χ2n) is 7.25. The lowest BCUT2D eigenvalue weighted by Crippen LogP contribution is -2.24. The minimum atomic E-state index is -0.167. The van der Waals surface area contributed by atoms with Crippen molar-refractivity contribution in [3.05, 3.63) is 81.2 Å². The first-order valence-corrected chi connectivity index (χ1v) is 10.1. The van der Waals surface area contributed by atoms with Gasteiger partial charge in [0.15, 0.2) is 5.78 Å². The van der Waals surface area contributed by atoms with Gasteiger partial charge in [-0.2, -0.15) is 0 Å². The summed E-state index contributed by atoms with van der Waals surface area (Å²) in [5.41, 5.74) is 3.64. The number of halogens is 1. The Kier molecular flexibility index (Phi) is 6.63. The molecule has 156 valence electrons. The summed E-state index contributed by atoms with van der Waals surface area (Å²) in [7, 11) is 3.43. The quantitative estimate of drug-likeness (QED) is 0.528. The number of ether oxygens (including phenoxy) is 1. The van der Waals surface area contributed by atoms with Gasteiger partial charge in [0.25, 0.3) is 5.56 Å². The van der Waals surface area contributed by atoms with Crippen LogP contribution in [-0.4, -0.2) is 24.5 Å². The molecule has 0 amide bonds. The summed E-state index contributed by atoms with van der Waals surface area (Å²) in [5.74, 6) is 0.406. The van der Waals surface area contributed by atoms with Crippen LogP contribution in [0.1, 0.15) is 35.8 Å². The molecule has 30 heavy (non-hydrogen) atoms. The highest BCUT2D eigenvalue weighted by Gasteiger charge is 2.18. The van der Waals surface area contributed by atoms with Crippen LogP contribution in [0.25, 0.3) is 11.1 Å². The van der Waals surface area contributed by atoms with Crippen molar-refractivity contribution in [3.63, 3.8) is 0 Å². The number of methoxy groups -OCH3 is 1. The number of pyridine rings is 1. The molecule has 2 aromatic carbocycles. The monoisotopic (exact) mass is 424 g/mol. The van der Waals surface area contributed by atoms with E-state index in [1.807, 2.05) is 38.2 Å². The number of ketones is 1. The smallest absolute Gasteiger partial charge is 0.251 e. The second kappa shape index (κ2) is 9.18. The molecule has 1 unspecified atom stereocenters. The molecule has 1 aromatic heterocycles. The molecule has 0 bridgehead atoms. The lowest BCUT2D eigenvalue weighted by atomic mass is 9.97. The molecule has 0 radical (unpaired) electrons. The largest absolute Gasteiger partial charge is 0.495 e. The summed E-state index contributed by atoms with van der Waals surface area (Å²) in [5, 5.41) is 3.58. The van der Waals surface area contributed by atoms with Crippen molar-refractivity contribution >= 4 is 23.1 Å². The van der Waals surface area contributed by atoms with E-state index in [4.69, 9.17) is 16.3 Å². The van der Waals surface area contributed by atoms with Gasteiger partial charge < -0.3 is 14.6 Å². The highest BCUT2D eigenvalue weighted by atomic mass is 35.5. The van der Waals surface area contributed by atoms with Gasteiger partial charge in [-0.05, 0) is 61.7 Å². The molecule has 0 saturated heterocycles. The zero-order chi connectivity index (χ0) is 21.8. The maximum Gasteiger partial charge on any atom is 0.251 e. The average molecular weight is 425 g/mol. The van der Waals surface area contributed by atoms with Crippen LogP contribution in [-0.2, 0) is 6.42 Å². The highest BCUT2D eigenvalue weighted by molar-refractivity contribution is 6.31. The molecule has 6 heteroatoms. The third kappa shape index (κ3) is 4.57. The first-order chi connectivity index (χ1) is 14.3. The van der Waals surface area contributed by atoms with Crippen LogP contribution < -0.4 is 15.6 Å². The number of nitrogens with zero attached hydrogens (tertiary/aromatic N) is 1. The fourth-order valence-electron chi connectivity index (χ4n) is 3.54. The fourth-order valence-corrected chi connectivity index (χ4v) is 3.71. The maximum absolute atomic E-state index is 13.0. The molecule has 0 fully saturated rings. The average Bonchev–Trinajstić information content (AvgIpc) is 2.73. The standard InChI is InChI=1S/C24H25ClN2O3/c1-15(11-17-5-8-19(26-3)9-6-17)27-14-23(30-4)22(13-24(27)29)21-12-18(25)7-10-20(21)16(2)28/h5-10,12-15,26H,11H2,1-4H3. The second-order valence-corrected chi connectivity index (χ2v) is 7.68. The molecule has 0 saturated carbocycles. The Hall–Kier alpha value is -3.05. The first kappa shape index (κ1) is 21.7. The number of Topliss-reactive ketones (excluding diaryl/α,β-unsaturated/α-hetero) is 1. The van der Waals surface area contributed by atoms with Crippen molar-refractivity contribution in [1.29, 1.82) is 0 Å². The Morgan fingerprint density at radius 1 is 1.13 bits per heavy atom. The number of carbonyl (C=O) groups is 1. The minimum absolute atomic E-state index is 0.0764. The van der Waals surface area contributed by atoms with Gasteiger partial charge in [-0.3, -0.25) is 9.59 Å². The van der Waals surface area contributed by atoms with E-state index in [0.717, 1.165) is 11.3 Å². The fraction of sp³-hybridized carbons (Fsp3) is 0.250. The number of carbonyl (C=O) groups excluding carboxylic acids is 1. The predicted octanol–water partition coefficient (Wildman–Crippen LogP) is 5.23. The molecular formula is C24H25ClN2O3. The van der Waals surface area contributed by atoms with Crippen molar-refractivity contribution in [2.45, 2.75) is 26.3 Å². The van der Waals surface area contributed by atoms with Gasteiger partial charge in [0.2, 0.25) is 0 Å². The molecule has 5 nitrogen and oxygen atoms in total. The van der Waals surface area contributed by atoms with Crippen LogP contribution >= 0.6 is 11.6 Å². The molecule has 1 atom stereocenters. The zero-order valence-corrected chi connectivity index (χ0v) is 18.3. The topological polar surface area (TPSA) is 60.3 Å². The maximum atomic E-state index is 13.0. The van der Waals surface area contributed by atoms with E-state index in [9.17, 15) is 9.59 Å². The van der Waals surface area contributed by atoms with Crippen molar-refractivity contribution < 1.29 is 9.53 Å². The van der Waals surface area contributed by atoms with Crippen LogP contribution in [0.5, 0.6) is 5.75 Å². The van der Waals surface area contributed by atoms with Gasteiger partial charge in [-0.1, -0.05) is 23.7 Å². The number of anilines is 1. The van der Waals surface area contributed by atoms with E-state index in [-0.39, 0.29) is 17.4 Å². The minimum Gasteiger partial charge on any atom is -0.495 e. The summed E-state index contributed by atoms with van der Waals surface area (Å²) in [4.78, 5) is 25.0. The third-order valence-electron chi connectivity index (χ3n) is 5.16. The molecule has 3 aromatic rings. The molecule has 0 aliphatic carbocycles. The first-order valence-electron chi connectivity index (χ1n) is 9.71. The van der Waals surface area contributed by atoms with E-state index in [0.29, 0.717) is 33.9 Å². The van der Waals surface area contributed by atoms with Crippen molar-refractivity contribution in [2.75, 3.05) is 19.5 Å². The van der Waals surface area contributed by atoms with Gasteiger partial charge in [0, 0.05) is 41.0 Å². The number of nitrogens with one attached hydrogen (secondary N) is 1. The molecule has 0 spiro atoms. The summed E-state index contributed by atoms with van der Waals surface area (Å²) in [6, 6.07) is 14.6. The summed E-state index contributed by atoms with van der Waals surface area (Å²) < 4.78 is 7.24. The number of benzene rings is 2. The summed E-state index contributed by atoms with van der Waals surface area (Å²) in [6.07, 6.45) is 2.40. The number of rotatable bonds is 7. The van der Waals surface area contributed by atoms with E-state index in [1.165, 1.54) is 13.0 Å². The van der Waals surface area contributed by atoms with Gasteiger partial charge in [0.1, 0.15) is 5.75 Å². The molecular weight excluding hydrogens is 400 g/mol. The Balaban J connectivity index is 2.01. The van der Waals surface area contributed by atoms with E-state index < -0.39 is 0 Å². The number of hydrogen-bond acceptors (Lipinski definition) is 4. The molecule has 3 rings (SSSR count). The van der Waals surface area contributed by atoms with Gasteiger partial charge in [0.05, 0.1) is 13.3 Å². The molecule has 1 N–H and O–H groups in total. The summed E-state index contributed by atoms with van der Waals surface area (Å²) >= 11 is 6.16. The third-order valence-corrected chi connectivity index (χ3v) is 5.40. The van der Waals surface area contributed by atoms with Crippen LogP contribution in [0, 0.1) is 0 Å². The van der Waals surface area contributed by atoms with E-state index >= 15 is 0 Å². The van der Waals surface area contributed by atoms with Gasteiger partial charge in [-0.15, -0.1) is 0 Å². The summed E-state index contributed by atoms with van der Waals surface area (Å²) in [6.45, 7) is 3.48. The van der Waals surface area contributed by atoms with Gasteiger partial charge in [-0.25, -0.2) is 0 Å². The van der Waals surface area contributed by atoms with E-state index in [2.05, 4.69) is 5.32 Å². The highest BCUT2D eigenvalue weighted by Crippen LogP contribution is 2.34. The van der Waals surface area contributed by atoms with Gasteiger partial charge >= 0.3 is 0 Å². The number of hydrogen-bond donors (Lipinski definition) is 1. The van der Waals surface area contributed by atoms with E-state index in [1.54, 1.807) is 36.1 Å². The SMILES string of the molecule is CNc1ccc(CC(C)n2cc(OC)c(-c3cc(Cl)ccc3C(C)=O)cc2=O)cc1. The Morgan fingerprint density at radius 3 is 2.43 bits per heavy atom. The normalized spacial score (nSPS) is 11.8. The number of aromatic nitrogens is 1. The molecule has 1 heterocycles. The van der Waals surface area contributed by atoms with Crippen molar-refractivity contribution in [3.8, 4) is 16.9 Å². The van der Waals surface area contributed by atoms with Crippen molar-refractivity contribution in [1.82, 2.24) is 4.57 Å². The Bertz CT molecular complexity index is 1120. The van der Waals surface area contributed by atoms with Crippen LogP contribution in [0.2, 0.25) is 5.02 Å². The van der Waals surface area contributed by atoms with Crippen molar-refractivity contribution in [2.24, 2.45) is 0 Å². The zero-order valence-electron chi connectivity index (χ0n) is 17.5. The van der Waals surface area contributed by atoms with Crippen LogP contribution in [0.15, 0.2) is 59.5 Å². The Labute approximate surface area is 181 Å². The Morgan fingerprint density at radius 2 is 1.83 bits per heavy atom. The van der Waals surface area contributed by atoms with Crippen LogP contribution in [0.4, 0.5) is 5.69 Å². The van der Waals surface area contributed by atoms with Crippen LogP contribution in [0.3, 0.4) is 0 Å².